The Morgan fingerprint density at radius 3 is 2.65 bits per heavy atom. The molecule has 1 aliphatic heterocycles. The molecule has 1 aliphatic rings. The molecule has 1 rings (SSSR count). The number of likely N-dealkylation sites (tertiary alicyclic amines) is 1. The number of unbranched alkanes of at least 4 members (excludes halogenated alkanes) is 1. The Hall–Kier alpha value is -0.770. The predicted octanol–water partition coefficient (Wildman–Crippen LogP) is 2.42. The third-order valence-electron chi connectivity index (χ3n) is 4.25. The normalized spacial score (nSPS) is 20.6. The van der Waals surface area contributed by atoms with Crippen molar-refractivity contribution < 1.29 is 0 Å². The first-order chi connectivity index (χ1) is 9.71. The molecule has 0 spiro atoms. The lowest BCUT2D eigenvalue weighted by atomic mass is 10.0. The molecule has 0 radical (unpaired) electrons. The fourth-order valence-electron chi connectivity index (χ4n) is 2.91. The molecular formula is C16H34N4. The molecule has 0 aromatic rings. The van der Waals surface area contributed by atoms with Gasteiger partial charge in [0.1, 0.15) is 0 Å². The van der Waals surface area contributed by atoms with Gasteiger partial charge in [0, 0.05) is 26.7 Å². The average Bonchev–Trinajstić information content (AvgIpc) is 2.47. The Labute approximate surface area is 125 Å². The molecule has 1 N–H and O–H groups in total. The summed E-state index contributed by atoms with van der Waals surface area (Å²) in [6.45, 7) is 13.7. The maximum absolute atomic E-state index is 4.43. The molecule has 1 heterocycles. The zero-order valence-electron chi connectivity index (χ0n) is 14.0. The van der Waals surface area contributed by atoms with Crippen molar-refractivity contribution in [3.05, 3.63) is 0 Å². The molecule has 0 saturated carbocycles. The lowest BCUT2D eigenvalue weighted by Crippen LogP contribution is -2.46. The highest BCUT2D eigenvalue weighted by Gasteiger charge is 2.18. The molecule has 0 aromatic carbocycles. The van der Waals surface area contributed by atoms with E-state index in [1.54, 1.807) is 0 Å². The van der Waals surface area contributed by atoms with Crippen LogP contribution >= 0.6 is 0 Å². The molecule has 4 nitrogen and oxygen atoms in total. The van der Waals surface area contributed by atoms with Crippen LogP contribution in [0.5, 0.6) is 0 Å². The van der Waals surface area contributed by atoms with Gasteiger partial charge in [-0.15, -0.1) is 0 Å². The number of nitrogens with zero attached hydrogens (tertiary/aromatic N) is 3. The van der Waals surface area contributed by atoms with Crippen molar-refractivity contribution in [2.75, 3.05) is 46.3 Å². The van der Waals surface area contributed by atoms with Crippen molar-refractivity contribution in [2.24, 2.45) is 10.9 Å². The average molecular weight is 282 g/mol. The van der Waals surface area contributed by atoms with E-state index in [0.29, 0.717) is 0 Å². The molecule has 1 saturated heterocycles. The molecule has 1 unspecified atom stereocenters. The van der Waals surface area contributed by atoms with E-state index in [1.165, 1.54) is 32.2 Å². The Balaban J connectivity index is 2.18. The Morgan fingerprint density at radius 2 is 2.05 bits per heavy atom. The minimum absolute atomic E-state index is 0.796. The van der Waals surface area contributed by atoms with Gasteiger partial charge in [-0.3, -0.25) is 4.99 Å². The second-order valence-corrected chi connectivity index (χ2v) is 5.90. The zero-order valence-corrected chi connectivity index (χ0v) is 14.0. The predicted molar refractivity (Wildman–Crippen MR) is 88.4 cm³/mol. The molecule has 1 atom stereocenters. The second kappa shape index (κ2) is 10.0. The fraction of sp³-hybridized carbons (Fsp3) is 0.938. The molecule has 0 amide bonds. The topological polar surface area (TPSA) is 30.9 Å². The van der Waals surface area contributed by atoms with E-state index in [4.69, 9.17) is 0 Å². The van der Waals surface area contributed by atoms with Crippen molar-refractivity contribution in [1.29, 1.82) is 0 Å². The fourth-order valence-corrected chi connectivity index (χ4v) is 2.91. The molecule has 20 heavy (non-hydrogen) atoms. The Kier molecular flexibility index (Phi) is 8.67. The Morgan fingerprint density at radius 1 is 1.30 bits per heavy atom. The number of aliphatic imine (C=N–C) groups is 1. The van der Waals surface area contributed by atoms with Crippen LogP contribution in [-0.2, 0) is 0 Å². The first kappa shape index (κ1) is 17.3. The summed E-state index contributed by atoms with van der Waals surface area (Å²) in [5, 5.41) is 3.53. The van der Waals surface area contributed by atoms with Gasteiger partial charge in [0.2, 0.25) is 0 Å². The highest BCUT2D eigenvalue weighted by atomic mass is 15.3. The minimum atomic E-state index is 0.796. The first-order valence-corrected chi connectivity index (χ1v) is 8.39. The number of nitrogens with one attached hydrogen (secondary N) is 1. The molecule has 0 aromatic heterocycles. The highest BCUT2D eigenvalue weighted by molar-refractivity contribution is 5.79. The summed E-state index contributed by atoms with van der Waals surface area (Å²) in [5.41, 5.74) is 0. The summed E-state index contributed by atoms with van der Waals surface area (Å²) in [6.07, 6.45) is 5.14. The second-order valence-electron chi connectivity index (χ2n) is 5.90. The van der Waals surface area contributed by atoms with Gasteiger partial charge >= 0.3 is 0 Å². The molecule has 0 aliphatic carbocycles. The van der Waals surface area contributed by atoms with E-state index < -0.39 is 0 Å². The van der Waals surface area contributed by atoms with Gasteiger partial charge in [0.15, 0.2) is 5.96 Å². The van der Waals surface area contributed by atoms with Gasteiger partial charge in [-0.2, -0.15) is 0 Å². The van der Waals surface area contributed by atoms with Gasteiger partial charge in [-0.25, -0.2) is 0 Å². The largest absolute Gasteiger partial charge is 0.356 e. The summed E-state index contributed by atoms with van der Waals surface area (Å²) < 4.78 is 0. The third kappa shape index (κ3) is 6.12. The van der Waals surface area contributed by atoms with Crippen LogP contribution < -0.4 is 5.32 Å². The van der Waals surface area contributed by atoms with E-state index in [1.807, 2.05) is 7.05 Å². The lowest BCUT2D eigenvalue weighted by molar-refractivity contribution is 0.265. The number of guanidine groups is 1. The van der Waals surface area contributed by atoms with Gasteiger partial charge in [-0.1, -0.05) is 20.8 Å². The van der Waals surface area contributed by atoms with Crippen LogP contribution in [0.15, 0.2) is 4.99 Å². The van der Waals surface area contributed by atoms with Crippen LogP contribution in [0.1, 0.15) is 46.5 Å². The standard InChI is InChI=1S/C16H34N4/c1-5-19(6-2)12-8-7-11-18-16(17-4)20-13-9-10-15(3)14-20/h15H,5-14H2,1-4H3,(H,17,18). The van der Waals surface area contributed by atoms with Crippen LogP contribution in [0.2, 0.25) is 0 Å². The van der Waals surface area contributed by atoms with Crippen LogP contribution in [-0.4, -0.2) is 62.1 Å². The molecule has 4 heteroatoms. The van der Waals surface area contributed by atoms with E-state index in [-0.39, 0.29) is 0 Å². The number of hydrogen-bond acceptors (Lipinski definition) is 2. The summed E-state index contributed by atoms with van der Waals surface area (Å²) in [6, 6.07) is 0. The molecule has 0 bridgehead atoms. The molecule has 1 fully saturated rings. The quantitative estimate of drug-likeness (QED) is 0.442. The van der Waals surface area contributed by atoms with Crippen molar-refractivity contribution in [1.82, 2.24) is 15.1 Å². The zero-order chi connectivity index (χ0) is 14.8. The smallest absolute Gasteiger partial charge is 0.193 e. The van der Waals surface area contributed by atoms with Gasteiger partial charge in [-0.05, 0) is 51.2 Å². The number of hydrogen-bond donors (Lipinski definition) is 1. The molecule has 118 valence electrons. The first-order valence-electron chi connectivity index (χ1n) is 8.39. The SMILES string of the molecule is CCN(CC)CCCCNC(=NC)N1CCCC(C)C1. The van der Waals surface area contributed by atoms with Gasteiger partial charge in [0.25, 0.3) is 0 Å². The van der Waals surface area contributed by atoms with Crippen LogP contribution in [0.25, 0.3) is 0 Å². The maximum atomic E-state index is 4.43. The van der Waals surface area contributed by atoms with Crippen molar-refractivity contribution in [3.8, 4) is 0 Å². The van der Waals surface area contributed by atoms with Gasteiger partial charge in [0.05, 0.1) is 0 Å². The molecular weight excluding hydrogens is 248 g/mol. The summed E-state index contributed by atoms with van der Waals surface area (Å²) in [7, 11) is 1.90. The van der Waals surface area contributed by atoms with E-state index in [2.05, 4.69) is 40.9 Å². The summed E-state index contributed by atoms with van der Waals surface area (Å²) in [5.74, 6) is 1.89. The summed E-state index contributed by atoms with van der Waals surface area (Å²) in [4.78, 5) is 9.33. The Bertz CT molecular complexity index is 274. The van der Waals surface area contributed by atoms with Crippen molar-refractivity contribution in [3.63, 3.8) is 0 Å². The van der Waals surface area contributed by atoms with E-state index in [9.17, 15) is 0 Å². The van der Waals surface area contributed by atoms with Crippen molar-refractivity contribution >= 4 is 5.96 Å². The summed E-state index contributed by atoms with van der Waals surface area (Å²) >= 11 is 0. The van der Waals surface area contributed by atoms with Crippen molar-refractivity contribution in [2.45, 2.75) is 46.5 Å². The highest BCUT2D eigenvalue weighted by Crippen LogP contribution is 2.15. The number of rotatable bonds is 7. The van der Waals surface area contributed by atoms with E-state index in [0.717, 1.165) is 44.6 Å². The van der Waals surface area contributed by atoms with E-state index >= 15 is 0 Å². The number of piperidine rings is 1. The maximum Gasteiger partial charge on any atom is 0.193 e. The lowest BCUT2D eigenvalue weighted by Gasteiger charge is -2.33. The van der Waals surface area contributed by atoms with Crippen LogP contribution in [0, 0.1) is 5.92 Å². The third-order valence-corrected chi connectivity index (χ3v) is 4.25. The van der Waals surface area contributed by atoms with Gasteiger partial charge < -0.3 is 15.1 Å². The van der Waals surface area contributed by atoms with Crippen LogP contribution in [0.3, 0.4) is 0 Å². The minimum Gasteiger partial charge on any atom is -0.356 e. The monoisotopic (exact) mass is 282 g/mol. The van der Waals surface area contributed by atoms with Crippen LogP contribution in [0.4, 0.5) is 0 Å².